The normalized spacial score (nSPS) is 10.7. The van der Waals surface area contributed by atoms with Crippen LogP contribution in [0.1, 0.15) is 15.9 Å². The minimum absolute atomic E-state index is 0.222. The maximum Gasteiger partial charge on any atom is 0.328 e. The number of aliphatic carboxylic acids is 1. The van der Waals surface area contributed by atoms with E-state index in [4.69, 9.17) is 5.11 Å². The highest BCUT2D eigenvalue weighted by Gasteiger charge is 2.05. The van der Waals surface area contributed by atoms with Crippen LogP contribution in [0.5, 0.6) is 0 Å². The zero-order valence-corrected chi connectivity index (χ0v) is 11.1. The van der Waals surface area contributed by atoms with Crippen molar-refractivity contribution in [1.82, 2.24) is 20.3 Å². The second kappa shape index (κ2) is 6.99. The van der Waals surface area contributed by atoms with Crippen molar-refractivity contribution in [3.63, 3.8) is 0 Å². The second-order valence-electron chi connectivity index (χ2n) is 4.22. The van der Waals surface area contributed by atoms with Crippen LogP contribution in [0.2, 0.25) is 0 Å². The van der Waals surface area contributed by atoms with Crippen molar-refractivity contribution in [2.75, 3.05) is 6.54 Å². The molecule has 1 aromatic heterocycles. The van der Waals surface area contributed by atoms with Crippen LogP contribution in [0.4, 0.5) is 0 Å². The van der Waals surface area contributed by atoms with Gasteiger partial charge in [0.2, 0.25) is 0 Å². The first-order valence-corrected chi connectivity index (χ1v) is 6.28. The molecule has 2 aromatic rings. The third-order valence-electron chi connectivity index (χ3n) is 2.67. The molecule has 2 N–H and O–H groups in total. The lowest BCUT2D eigenvalue weighted by atomic mass is 10.1. The number of carbonyl (C=O) groups is 2. The molecular weight excluding hydrogens is 272 g/mol. The number of hydrogen-bond donors (Lipinski definition) is 2. The summed E-state index contributed by atoms with van der Waals surface area (Å²) in [5.41, 5.74) is 1.13. The Labute approximate surface area is 120 Å². The summed E-state index contributed by atoms with van der Waals surface area (Å²) >= 11 is 0. The quantitative estimate of drug-likeness (QED) is 0.766. The molecule has 108 valence electrons. The Bertz CT molecular complexity index is 650. The number of hydrogen-bond acceptors (Lipinski definition) is 4. The molecule has 0 spiro atoms. The molecule has 1 amide bonds. The van der Waals surface area contributed by atoms with Crippen molar-refractivity contribution in [3.8, 4) is 0 Å². The summed E-state index contributed by atoms with van der Waals surface area (Å²) in [7, 11) is 0. The van der Waals surface area contributed by atoms with Crippen molar-refractivity contribution in [2.24, 2.45) is 0 Å². The molecule has 0 unspecified atom stereocenters. The standard InChI is InChI=1S/C14H14N4O3/c19-13(20)5-4-11-2-1-3-12(10-11)14(21)15-6-8-18-9-7-16-17-18/h1-5,7,9-10H,6,8H2,(H,15,21)(H,19,20)/b5-4+. The third kappa shape index (κ3) is 4.57. The number of nitrogens with zero attached hydrogens (tertiary/aromatic N) is 3. The summed E-state index contributed by atoms with van der Waals surface area (Å²) in [5.74, 6) is -1.25. The Balaban J connectivity index is 1.92. The molecule has 0 aliphatic heterocycles. The number of rotatable bonds is 6. The van der Waals surface area contributed by atoms with Crippen LogP contribution in [0.15, 0.2) is 42.7 Å². The number of benzene rings is 1. The van der Waals surface area contributed by atoms with Crippen LogP contribution in [0, 0.1) is 0 Å². The zero-order valence-electron chi connectivity index (χ0n) is 11.1. The fourth-order valence-electron chi connectivity index (χ4n) is 1.69. The lowest BCUT2D eigenvalue weighted by molar-refractivity contribution is -0.131. The minimum Gasteiger partial charge on any atom is -0.478 e. The first kappa shape index (κ1) is 14.4. The second-order valence-corrected chi connectivity index (χ2v) is 4.22. The highest BCUT2D eigenvalue weighted by molar-refractivity contribution is 5.95. The van der Waals surface area contributed by atoms with Gasteiger partial charge in [0, 0.05) is 24.4 Å². The van der Waals surface area contributed by atoms with Crippen LogP contribution in [0.3, 0.4) is 0 Å². The van der Waals surface area contributed by atoms with E-state index in [9.17, 15) is 9.59 Å². The number of carboxylic acid groups (broad SMARTS) is 1. The molecule has 0 fully saturated rings. The Morgan fingerprint density at radius 1 is 1.38 bits per heavy atom. The van der Waals surface area contributed by atoms with E-state index in [0.29, 0.717) is 24.2 Å². The molecule has 0 bridgehead atoms. The monoisotopic (exact) mass is 286 g/mol. The maximum absolute atomic E-state index is 12.0. The predicted octanol–water partition coefficient (Wildman–Crippen LogP) is 0.806. The van der Waals surface area contributed by atoms with Gasteiger partial charge in [-0.3, -0.25) is 9.48 Å². The fraction of sp³-hybridized carbons (Fsp3) is 0.143. The largest absolute Gasteiger partial charge is 0.478 e. The average molecular weight is 286 g/mol. The molecular formula is C14H14N4O3. The molecule has 1 heterocycles. The molecule has 0 saturated carbocycles. The van der Waals surface area contributed by atoms with Crippen LogP contribution in [0.25, 0.3) is 6.08 Å². The van der Waals surface area contributed by atoms with Gasteiger partial charge < -0.3 is 10.4 Å². The molecule has 0 atom stereocenters. The van der Waals surface area contributed by atoms with Gasteiger partial charge in [-0.15, -0.1) is 5.10 Å². The van der Waals surface area contributed by atoms with Gasteiger partial charge in [-0.25, -0.2) is 4.79 Å². The third-order valence-corrected chi connectivity index (χ3v) is 2.67. The Morgan fingerprint density at radius 3 is 2.95 bits per heavy atom. The fourth-order valence-corrected chi connectivity index (χ4v) is 1.69. The van der Waals surface area contributed by atoms with Crippen LogP contribution in [-0.2, 0) is 11.3 Å². The lowest BCUT2D eigenvalue weighted by Gasteiger charge is -2.05. The molecule has 21 heavy (non-hydrogen) atoms. The van der Waals surface area contributed by atoms with Crippen LogP contribution < -0.4 is 5.32 Å². The van der Waals surface area contributed by atoms with Gasteiger partial charge in [-0.2, -0.15) is 0 Å². The summed E-state index contributed by atoms with van der Waals surface area (Å²) < 4.78 is 1.62. The van der Waals surface area contributed by atoms with Gasteiger partial charge in [0.15, 0.2) is 0 Å². The first-order valence-electron chi connectivity index (χ1n) is 6.28. The SMILES string of the molecule is O=C(O)/C=C/c1cccc(C(=O)NCCn2ccnn2)c1. The molecule has 0 saturated heterocycles. The minimum atomic E-state index is -1.03. The van der Waals surface area contributed by atoms with E-state index >= 15 is 0 Å². The summed E-state index contributed by atoms with van der Waals surface area (Å²) in [4.78, 5) is 22.4. The van der Waals surface area contributed by atoms with Gasteiger partial charge in [0.05, 0.1) is 12.7 Å². The van der Waals surface area contributed by atoms with Gasteiger partial charge in [-0.05, 0) is 23.8 Å². The summed E-state index contributed by atoms with van der Waals surface area (Å²) in [5, 5.41) is 18.8. The lowest BCUT2D eigenvalue weighted by Crippen LogP contribution is -2.27. The Hall–Kier alpha value is -2.96. The van der Waals surface area contributed by atoms with Gasteiger partial charge in [0.25, 0.3) is 5.91 Å². The topological polar surface area (TPSA) is 97.1 Å². The van der Waals surface area contributed by atoms with Gasteiger partial charge in [0.1, 0.15) is 0 Å². The molecule has 2 rings (SSSR count). The van der Waals surface area contributed by atoms with Gasteiger partial charge >= 0.3 is 5.97 Å². The number of amides is 1. The van der Waals surface area contributed by atoms with E-state index in [1.807, 2.05) is 0 Å². The first-order chi connectivity index (χ1) is 10.1. The van der Waals surface area contributed by atoms with Crippen molar-refractivity contribution >= 4 is 18.0 Å². The van der Waals surface area contributed by atoms with E-state index in [0.717, 1.165) is 6.08 Å². The van der Waals surface area contributed by atoms with Crippen molar-refractivity contribution in [1.29, 1.82) is 0 Å². The van der Waals surface area contributed by atoms with E-state index < -0.39 is 5.97 Å². The zero-order chi connectivity index (χ0) is 15.1. The molecule has 1 aromatic carbocycles. The summed E-state index contributed by atoms with van der Waals surface area (Å²) in [6.45, 7) is 0.960. The number of aromatic nitrogens is 3. The summed E-state index contributed by atoms with van der Waals surface area (Å²) in [6.07, 6.45) is 5.75. The number of carbonyl (C=O) groups excluding carboxylic acids is 1. The maximum atomic E-state index is 12.0. The smallest absolute Gasteiger partial charge is 0.328 e. The van der Waals surface area contributed by atoms with Crippen LogP contribution >= 0.6 is 0 Å². The highest BCUT2D eigenvalue weighted by Crippen LogP contribution is 2.07. The van der Waals surface area contributed by atoms with E-state index in [1.54, 1.807) is 41.3 Å². The van der Waals surface area contributed by atoms with E-state index in [1.165, 1.54) is 6.08 Å². The average Bonchev–Trinajstić information content (AvgIpc) is 2.98. The predicted molar refractivity (Wildman–Crippen MR) is 75.5 cm³/mol. The van der Waals surface area contributed by atoms with Crippen molar-refractivity contribution in [3.05, 3.63) is 53.9 Å². The number of nitrogens with one attached hydrogen (secondary N) is 1. The highest BCUT2D eigenvalue weighted by atomic mass is 16.4. The van der Waals surface area contributed by atoms with Crippen molar-refractivity contribution < 1.29 is 14.7 Å². The molecule has 0 aliphatic rings. The molecule has 0 radical (unpaired) electrons. The summed E-state index contributed by atoms with van der Waals surface area (Å²) in [6, 6.07) is 6.73. The van der Waals surface area contributed by atoms with Gasteiger partial charge in [-0.1, -0.05) is 17.3 Å². The van der Waals surface area contributed by atoms with E-state index in [2.05, 4.69) is 15.6 Å². The van der Waals surface area contributed by atoms with Crippen molar-refractivity contribution in [2.45, 2.75) is 6.54 Å². The Morgan fingerprint density at radius 2 is 2.24 bits per heavy atom. The Kier molecular flexibility index (Phi) is 4.81. The van der Waals surface area contributed by atoms with E-state index in [-0.39, 0.29) is 5.91 Å². The molecule has 7 heteroatoms. The molecule has 7 nitrogen and oxygen atoms in total. The molecule has 0 aliphatic carbocycles. The number of carboxylic acids is 1. The van der Waals surface area contributed by atoms with Crippen LogP contribution in [-0.4, -0.2) is 38.5 Å².